The number of pyridine rings is 1. The SMILES string of the molecule is CCOC(=O)Nc1cc(C(F)(F)F)c(-c2nc(N3CCOCC3)c3cc(CNCCNC(=O)CCC(=O)/C=C/CN(C)C)cn3n2)cn1. The summed E-state index contributed by atoms with van der Waals surface area (Å²) in [4.78, 5) is 48.3. The molecule has 3 N–H and O–H groups in total. The number of halogens is 3. The molecule has 0 spiro atoms. The molecule has 2 amide bonds. The van der Waals surface area contributed by atoms with Crippen LogP contribution in [0.5, 0.6) is 0 Å². The van der Waals surface area contributed by atoms with E-state index >= 15 is 0 Å². The Morgan fingerprint density at radius 1 is 1.12 bits per heavy atom. The van der Waals surface area contributed by atoms with Crippen molar-refractivity contribution >= 4 is 34.9 Å². The van der Waals surface area contributed by atoms with Crippen molar-refractivity contribution in [1.29, 1.82) is 0 Å². The first-order valence-corrected chi connectivity index (χ1v) is 15.5. The minimum Gasteiger partial charge on any atom is -0.450 e. The van der Waals surface area contributed by atoms with E-state index in [0.717, 1.165) is 17.8 Å². The van der Waals surface area contributed by atoms with Crippen molar-refractivity contribution < 1.29 is 37.0 Å². The standard InChI is InChI=1S/C31H40F3N9O5/c1-4-48-30(46)38-26-17-24(31(32,33)34)23(19-37-26)28-39-29(42-12-14-47-15-13-42)25-16-21(20-43(25)40-28)18-35-9-10-36-27(45)8-7-22(44)6-5-11-41(2)3/h5-6,16-17,19-20,35H,4,7-15,18H2,1-3H3,(H,36,45)(H,37,38,46)/b6-5+. The topological polar surface area (TPSA) is 155 Å². The molecule has 1 aliphatic rings. The highest BCUT2D eigenvalue weighted by Crippen LogP contribution is 2.37. The number of morpholine rings is 1. The van der Waals surface area contributed by atoms with Crippen molar-refractivity contribution in [2.45, 2.75) is 32.5 Å². The maximum atomic E-state index is 14.3. The Morgan fingerprint density at radius 3 is 2.60 bits per heavy atom. The Bertz CT molecular complexity index is 1600. The summed E-state index contributed by atoms with van der Waals surface area (Å²) in [6.45, 7) is 5.24. The van der Waals surface area contributed by atoms with E-state index in [9.17, 15) is 27.6 Å². The molecule has 1 aliphatic heterocycles. The first-order valence-electron chi connectivity index (χ1n) is 15.5. The lowest BCUT2D eigenvalue weighted by Gasteiger charge is -2.28. The van der Waals surface area contributed by atoms with Gasteiger partial charge in [0.05, 0.1) is 30.9 Å². The molecule has 4 heterocycles. The van der Waals surface area contributed by atoms with E-state index in [-0.39, 0.29) is 48.3 Å². The minimum atomic E-state index is -4.81. The van der Waals surface area contributed by atoms with Crippen LogP contribution < -0.4 is 20.9 Å². The molecule has 0 saturated carbocycles. The van der Waals surface area contributed by atoms with Gasteiger partial charge in [0.1, 0.15) is 11.3 Å². The maximum absolute atomic E-state index is 14.3. The highest BCUT2D eigenvalue weighted by Gasteiger charge is 2.36. The zero-order valence-corrected chi connectivity index (χ0v) is 27.1. The number of carbonyl (C=O) groups excluding carboxylic acids is 3. The van der Waals surface area contributed by atoms with Gasteiger partial charge in [0, 0.05) is 64.5 Å². The zero-order valence-electron chi connectivity index (χ0n) is 27.1. The molecule has 0 radical (unpaired) electrons. The molecule has 3 aromatic heterocycles. The summed E-state index contributed by atoms with van der Waals surface area (Å²) in [6, 6.07) is 2.57. The number of fused-ring (bicyclic) bond motifs is 1. The summed E-state index contributed by atoms with van der Waals surface area (Å²) in [5, 5.41) is 12.6. The van der Waals surface area contributed by atoms with Crippen LogP contribution in [0.15, 0.2) is 36.7 Å². The van der Waals surface area contributed by atoms with Gasteiger partial charge in [-0.3, -0.25) is 14.9 Å². The average Bonchev–Trinajstić information content (AvgIpc) is 3.46. The van der Waals surface area contributed by atoms with Gasteiger partial charge in [-0.25, -0.2) is 19.3 Å². The molecule has 1 fully saturated rings. The lowest BCUT2D eigenvalue weighted by Crippen LogP contribution is -2.37. The monoisotopic (exact) mass is 675 g/mol. The highest BCUT2D eigenvalue weighted by atomic mass is 19.4. The van der Waals surface area contributed by atoms with Gasteiger partial charge in [-0.1, -0.05) is 6.08 Å². The van der Waals surface area contributed by atoms with Crippen LogP contribution in [0.25, 0.3) is 16.9 Å². The third-order valence-corrected chi connectivity index (χ3v) is 7.09. The number of nitrogens with one attached hydrogen (secondary N) is 3. The van der Waals surface area contributed by atoms with Crippen LogP contribution in [0, 0.1) is 0 Å². The number of nitrogens with zero attached hydrogens (tertiary/aromatic N) is 6. The van der Waals surface area contributed by atoms with Crippen LogP contribution in [-0.2, 0) is 31.8 Å². The molecule has 0 bridgehead atoms. The normalized spacial score (nSPS) is 13.8. The summed E-state index contributed by atoms with van der Waals surface area (Å²) in [5.41, 5.74) is -0.0423. The van der Waals surface area contributed by atoms with Crippen molar-refractivity contribution in [3.63, 3.8) is 0 Å². The molecule has 0 atom stereocenters. The second-order valence-electron chi connectivity index (χ2n) is 11.2. The lowest BCUT2D eigenvalue weighted by atomic mass is 10.1. The Morgan fingerprint density at radius 2 is 1.90 bits per heavy atom. The van der Waals surface area contributed by atoms with Crippen LogP contribution >= 0.6 is 0 Å². The van der Waals surface area contributed by atoms with Gasteiger partial charge in [0.25, 0.3) is 0 Å². The predicted octanol–water partition coefficient (Wildman–Crippen LogP) is 2.89. The molecular weight excluding hydrogens is 635 g/mol. The summed E-state index contributed by atoms with van der Waals surface area (Å²) in [5.74, 6) is -0.421. The van der Waals surface area contributed by atoms with Crippen LogP contribution in [0.1, 0.15) is 30.9 Å². The summed E-state index contributed by atoms with van der Waals surface area (Å²) in [7, 11) is 3.79. The fraction of sp³-hybridized carbons (Fsp3) is 0.484. The lowest BCUT2D eigenvalue weighted by molar-refractivity contribution is -0.137. The van der Waals surface area contributed by atoms with E-state index in [1.54, 1.807) is 19.2 Å². The number of hydrogen-bond donors (Lipinski definition) is 3. The summed E-state index contributed by atoms with van der Waals surface area (Å²) < 4.78 is 54.5. The average molecular weight is 676 g/mol. The number of rotatable bonds is 15. The largest absolute Gasteiger partial charge is 0.450 e. The quantitative estimate of drug-likeness (QED) is 0.161. The third-order valence-electron chi connectivity index (χ3n) is 7.09. The van der Waals surface area contributed by atoms with Crippen LogP contribution in [-0.4, -0.2) is 109 Å². The Balaban J connectivity index is 1.47. The molecule has 17 heteroatoms. The van der Waals surface area contributed by atoms with Gasteiger partial charge >= 0.3 is 12.3 Å². The number of aromatic nitrogens is 4. The highest BCUT2D eigenvalue weighted by molar-refractivity contribution is 5.92. The smallest absolute Gasteiger partial charge is 0.417 e. The molecule has 260 valence electrons. The number of allylic oxidation sites excluding steroid dienone is 1. The van der Waals surface area contributed by atoms with E-state index in [1.807, 2.05) is 30.0 Å². The van der Waals surface area contributed by atoms with Crippen molar-refractivity contribution in [3.8, 4) is 11.4 Å². The first kappa shape index (κ1) is 36.2. The summed E-state index contributed by atoms with van der Waals surface area (Å²) in [6.07, 6.45) is 0.415. The third kappa shape index (κ3) is 10.4. The molecule has 48 heavy (non-hydrogen) atoms. The van der Waals surface area contributed by atoms with Gasteiger partial charge in [-0.05, 0) is 44.8 Å². The van der Waals surface area contributed by atoms with Gasteiger partial charge in [0.15, 0.2) is 17.4 Å². The van der Waals surface area contributed by atoms with E-state index in [0.29, 0.717) is 63.8 Å². The maximum Gasteiger partial charge on any atom is 0.417 e. The van der Waals surface area contributed by atoms with E-state index in [2.05, 4.69) is 31.0 Å². The predicted molar refractivity (Wildman–Crippen MR) is 172 cm³/mol. The second kappa shape index (κ2) is 17.0. The molecule has 14 nitrogen and oxygen atoms in total. The van der Waals surface area contributed by atoms with Gasteiger partial charge in [-0.15, -0.1) is 5.10 Å². The van der Waals surface area contributed by atoms with Gasteiger partial charge < -0.3 is 29.9 Å². The number of hydrogen-bond acceptors (Lipinski definition) is 11. The number of amides is 2. The number of ether oxygens (including phenoxy) is 2. The molecule has 1 saturated heterocycles. The molecule has 0 unspecified atom stereocenters. The molecular formula is C31H40F3N9O5. The van der Waals surface area contributed by atoms with Crippen LogP contribution in [0.4, 0.5) is 29.6 Å². The molecule has 3 aromatic rings. The van der Waals surface area contributed by atoms with Crippen LogP contribution in [0.3, 0.4) is 0 Å². The first-order chi connectivity index (χ1) is 22.9. The van der Waals surface area contributed by atoms with Crippen molar-refractivity contribution in [1.82, 2.24) is 35.1 Å². The van der Waals surface area contributed by atoms with Crippen LogP contribution in [0.2, 0.25) is 0 Å². The number of anilines is 2. The van der Waals surface area contributed by atoms with Crippen molar-refractivity contribution in [2.24, 2.45) is 0 Å². The summed E-state index contributed by atoms with van der Waals surface area (Å²) >= 11 is 0. The van der Waals surface area contributed by atoms with E-state index in [4.69, 9.17) is 9.47 Å². The number of alkyl halides is 3. The Kier molecular flexibility index (Phi) is 12.8. The van der Waals surface area contributed by atoms with Crippen molar-refractivity contribution in [2.75, 3.05) is 76.9 Å². The number of likely N-dealkylation sites (N-methyl/N-ethyl adjacent to an activating group) is 1. The molecule has 0 aromatic carbocycles. The van der Waals surface area contributed by atoms with Crippen molar-refractivity contribution in [3.05, 3.63) is 47.8 Å². The number of ketones is 1. The number of carbonyl (C=O) groups is 3. The fourth-order valence-electron chi connectivity index (χ4n) is 4.79. The Labute approximate surface area is 275 Å². The van der Waals surface area contributed by atoms with Gasteiger partial charge in [0.2, 0.25) is 5.91 Å². The molecule has 4 rings (SSSR count). The van der Waals surface area contributed by atoms with E-state index < -0.39 is 17.8 Å². The minimum absolute atomic E-state index is 0.0401. The van der Waals surface area contributed by atoms with E-state index in [1.165, 1.54) is 10.6 Å². The molecule has 0 aliphatic carbocycles. The second-order valence-corrected chi connectivity index (χ2v) is 11.2. The fourth-order valence-corrected chi connectivity index (χ4v) is 4.79. The Hall–Kier alpha value is -4.61. The van der Waals surface area contributed by atoms with Gasteiger partial charge in [-0.2, -0.15) is 13.2 Å². The zero-order chi connectivity index (χ0) is 34.7.